The van der Waals surface area contributed by atoms with E-state index in [1.165, 1.54) is 0 Å². The minimum absolute atomic E-state index is 0.256. The molecule has 0 rings (SSSR count). The van der Waals surface area contributed by atoms with Crippen molar-refractivity contribution in [1.82, 2.24) is 0 Å². The van der Waals surface area contributed by atoms with Crippen LogP contribution in [0.3, 0.4) is 0 Å². The number of carbonyl (C=O) groups excluding carboxylic acids is 2. The topological polar surface area (TPSA) is 52.6 Å². The third-order valence-corrected chi connectivity index (χ3v) is 2.29. The summed E-state index contributed by atoms with van der Waals surface area (Å²) in [6, 6.07) is 0. The molecule has 0 amide bonds. The predicted molar refractivity (Wildman–Crippen MR) is 65.2 cm³/mol. The molecule has 0 aromatic rings. The van der Waals surface area contributed by atoms with E-state index in [-0.39, 0.29) is 18.7 Å². The minimum Gasteiger partial charge on any atom is -0.428 e. The van der Waals surface area contributed by atoms with Gasteiger partial charge in [-0.05, 0) is 24.7 Å². The summed E-state index contributed by atoms with van der Waals surface area (Å²) in [5, 5.41) is 0. The van der Waals surface area contributed by atoms with Gasteiger partial charge in [0.25, 0.3) is 0 Å². The third-order valence-electron chi connectivity index (χ3n) is 2.29. The largest absolute Gasteiger partial charge is 0.428 e. The first-order valence-corrected chi connectivity index (χ1v) is 6.23. The van der Waals surface area contributed by atoms with Crippen molar-refractivity contribution in [2.75, 3.05) is 6.79 Å². The zero-order chi connectivity index (χ0) is 13.3. The van der Waals surface area contributed by atoms with Crippen molar-refractivity contribution in [2.45, 2.75) is 53.4 Å². The average molecular weight is 244 g/mol. The van der Waals surface area contributed by atoms with E-state index in [9.17, 15) is 9.59 Å². The van der Waals surface area contributed by atoms with Gasteiger partial charge in [0, 0.05) is 12.8 Å². The van der Waals surface area contributed by atoms with Gasteiger partial charge in [-0.15, -0.1) is 0 Å². The normalized spacial score (nSPS) is 10.7. The van der Waals surface area contributed by atoms with Crippen LogP contribution in [0.1, 0.15) is 53.4 Å². The molecule has 100 valence electrons. The van der Waals surface area contributed by atoms with Gasteiger partial charge >= 0.3 is 11.9 Å². The van der Waals surface area contributed by atoms with Gasteiger partial charge < -0.3 is 9.47 Å². The second-order valence-electron chi connectivity index (χ2n) is 5.02. The van der Waals surface area contributed by atoms with Crippen LogP contribution in [0.15, 0.2) is 0 Å². The molecule has 0 saturated carbocycles. The molecule has 4 nitrogen and oxygen atoms in total. The molecule has 4 heteroatoms. The maximum absolute atomic E-state index is 11.2. The molecule has 0 saturated heterocycles. The Labute approximate surface area is 104 Å². The summed E-state index contributed by atoms with van der Waals surface area (Å²) in [6.45, 7) is 7.91. The van der Waals surface area contributed by atoms with Gasteiger partial charge in [0.1, 0.15) is 0 Å². The van der Waals surface area contributed by atoms with Crippen LogP contribution in [0, 0.1) is 11.8 Å². The lowest BCUT2D eigenvalue weighted by molar-refractivity contribution is -0.167. The van der Waals surface area contributed by atoms with Gasteiger partial charge in [-0.3, -0.25) is 9.59 Å². The zero-order valence-corrected chi connectivity index (χ0v) is 11.3. The molecule has 0 spiro atoms. The number of hydrogen-bond acceptors (Lipinski definition) is 4. The Balaban J connectivity index is 3.49. The summed E-state index contributed by atoms with van der Waals surface area (Å²) in [4.78, 5) is 22.4. The molecule has 0 radical (unpaired) electrons. The van der Waals surface area contributed by atoms with Crippen LogP contribution < -0.4 is 0 Å². The first-order chi connectivity index (χ1) is 7.91. The number of esters is 2. The monoisotopic (exact) mass is 244 g/mol. The van der Waals surface area contributed by atoms with Gasteiger partial charge in [0.2, 0.25) is 6.79 Å². The zero-order valence-electron chi connectivity index (χ0n) is 11.3. The molecule has 0 aliphatic heterocycles. The molecule has 0 fully saturated rings. The molecule has 0 aromatic heterocycles. The van der Waals surface area contributed by atoms with Crippen LogP contribution in [0.25, 0.3) is 0 Å². The van der Waals surface area contributed by atoms with Crippen LogP contribution in [-0.4, -0.2) is 18.7 Å². The highest BCUT2D eigenvalue weighted by Crippen LogP contribution is 2.06. The van der Waals surface area contributed by atoms with Gasteiger partial charge in [-0.1, -0.05) is 27.7 Å². The molecule has 0 aliphatic carbocycles. The predicted octanol–water partition coefficient (Wildman–Crippen LogP) is 2.90. The summed E-state index contributed by atoms with van der Waals surface area (Å²) < 4.78 is 9.58. The minimum atomic E-state index is -0.310. The summed E-state index contributed by atoms with van der Waals surface area (Å²) >= 11 is 0. The van der Waals surface area contributed by atoms with Crippen LogP contribution in [-0.2, 0) is 19.1 Å². The van der Waals surface area contributed by atoms with Gasteiger partial charge in [0.05, 0.1) is 0 Å². The number of carbonyl (C=O) groups is 2. The van der Waals surface area contributed by atoms with E-state index < -0.39 is 0 Å². The van der Waals surface area contributed by atoms with Crippen molar-refractivity contribution in [3.05, 3.63) is 0 Å². The number of rotatable bonds is 8. The number of hydrogen-bond donors (Lipinski definition) is 0. The van der Waals surface area contributed by atoms with Crippen LogP contribution in [0.2, 0.25) is 0 Å². The lowest BCUT2D eigenvalue weighted by Crippen LogP contribution is -2.13. The molecule has 0 aromatic carbocycles. The van der Waals surface area contributed by atoms with Crippen molar-refractivity contribution in [3.8, 4) is 0 Å². The Morgan fingerprint density at radius 3 is 1.47 bits per heavy atom. The Hall–Kier alpha value is -1.06. The Kier molecular flexibility index (Phi) is 8.46. The van der Waals surface area contributed by atoms with Gasteiger partial charge in [-0.2, -0.15) is 0 Å². The Bertz CT molecular complexity index is 210. The fourth-order valence-electron chi connectivity index (χ4n) is 1.12. The third kappa shape index (κ3) is 11.2. The van der Waals surface area contributed by atoms with E-state index in [0.717, 1.165) is 12.8 Å². The number of ether oxygens (including phenoxy) is 2. The molecule has 0 unspecified atom stereocenters. The van der Waals surface area contributed by atoms with Crippen molar-refractivity contribution in [2.24, 2.45) is 11.8 Å². The fourth-order valence-corrected chi connectivity index (χ4v) is 1.12. The summed E-state index contributed by atoms with van der Waals surface area (Å²) in [5.74, 6) is 0.318. The highest BCUT2D eigenvalue weighted by Gasteiger charge is 2.07. The summed E-state index contributed by atoms with van der Waals surface area (Å²) in [5.41, 5.74) is 0. The van der Waals surface area contributed by atoms with E-state index in [1.54, 1.807) is 0 Å². The van der Waals surface area contributed by atoms with E-state index in [0.29, 0.717) is 24.7 Å². The average Bonchev–Trinajstić information content (AvgIpc) is 2.23. The van der Waals surface area contributed by atoms with E-state index in [1.807, 2.05) is 27.7 Å². The van der Waals surface area contributed by atoms with Crippen LogP contribution in [0.5, 0.6) is 0 Å². The van der Waals surface area contributed by atoms with Crippen LogP contribution >= 0.6 is 0 Å². The lowest BCUT2D eigenvalue weighted by Gasteiger charge is -2.08. The molecule has 0 bridgehead atoms. The van der Waals surface area contributed by atoms with Crippen molar-refractivity contribution >= 4 is 11.9 Å². The SMILES string of the molecule is CC(C)CCC(=O)OCOC(=O)CCC(C)C. The first-order valence-electron chi connectivity index (χ1n) is 6.23. The summed E-state index contributed by atoms with van der Waals surface area (Å²) in [7, 11) is 0. The van der Waals surface area contributed by atoms with E-state index in [2.05, 4.69) is 0 Å². The van der Waals surface area contributed by atoms with Crippen molar-refractivity contribution in [3.63, 3.8) is 0 Å². The lowest BCUT2D eigenvalue weighted by atomic mass is 10.1. The Morgan fingerprint density at radius 1 is 0.824 bits per heavy atom. The molecule has 0 heterocycles. The Morgan fingerprint density at radius 2 is 1.18 bits per heavy atom. The maximum atomic E-state index is 11.2. The molecular weight excluding hydrogens is 220 g/mol. The standard InChI is InChI=1S/C13H24O4/c1-10(2)5-7-12(14)16-9-17-13(15)8-6-11(3)4/h10-11H,5-9H2,1-4H3. The first kappa shape index (κ1) is 15.9. The smallest absolute Gasteiger partial charge is 0.308 e. The highest BCUT2D eigenvalue weighted by molar-refractivity contribution is 5.70. The fraction of sp³-hybridized carbons (Fsp3) is 0.846. The maximum Gasteiger partial charge on any atom is 0.308 e. The molecular formula is C13H24O4. The van der Waals surface area contributed by atoms with Gasteiger partial charge in [0.15, 0.2) is 0 Å². The second-order valence-corrected chi connectivity index (χ2v) is 5.02. The molecule has 0 N–H and O–H groups in total. The second kappa shape index (κ2) is 9.02. The molecule has 0 aliphatic rings. The van der Waals surface area contributed by atoms with Crippen molar-refractivity contribution in [1.29, 1.82) is 0 Å². The van der Waals surface area contributed by atoms with Gasteiger partial charge in [-0.25, -0.2) is 0 Å². The molecule has 0 atom stereocenters. The quantitative estimate of drug-likeness (QED) is 0.486. The van der Waals surface area contributed by atoms with E-state index in [4.69, 9.17) is 9.47 Å². The van der Waals surface area contributed by atoms with Crippen molar-refractivity contribution < 1.29 is 19.1 Å². The summed E-state index contributed by atoms with van der Waals surface area (Å²) in [6.07, 6.45) is 2.34. The van der Waals surface area contributed by atoms with Crippen LogP contribution in [0.4, 0.5) is 0 Å². The van der Waals surface area contributed by atoms with E-state index >= 15 is 0 Å². The highest BCUT2D eigenvalue weighted by atomic mass is 16.7. The molecule has 17 heavy (non-hydrogen) atoms.